The zero-order chi connectivity index (χ0) is 17.6. The number of carbonyl (C=O) groups is 1. The number of hydrogen-bond acceptors (Lipinski definition) is 6. The molecular formula is C16H14N2O5S. The Labute approximate surface area is 139 Å². The fraction of sp³-hybridized carbons (Fsp3) is 0.125. The third-order valence-electron chi connectivity index (χ3n) is 2.99. The Morgan fingerprint density at radius 2 is 1.92 bits per heavy atom. The van der Waals surface area contributed by atoms with E-state index in [0.717, 1.165) is 0 Å². The molecule has 8 heteroatoms. The van der Waals surface area contributed by atoms with Gasteiger partial charge in [0, 0.05) is 5.69 Å². The summed E-state index contributed by atoms with van der Waals surface area (Å²) in [6.07, 6.45) is 0. The zero-order valence-electron chi connectivity index (χ0n) is 12.7. The normalized spacial score (nSPS) is 10.5. The molecule has 0 aliphatic carbocycles. The van der Waals surface area contributed by atoms with Crippen LogP contribution in [0.4, 0.5) is 5.69 Å². The van der Waals surface area contributed by atoms with E-state index < -0.39 is 22.6 Å². The van der Waals surface area contributed by atoms with Gasteiger partial charge in [-0.25, -0.2) is 13.2 Å². The number of methoxy groups -OCH3 is 1. The molecule has 0 amide bonds. The summed E-state index contributed by atoms with van der Waals surface area (Å²) in [4.78, 5) is 11.6. The molecule has 0 aromatic heterocycles. The highest BCUT2D eigenvalue weighted by atomic mass is 32.2. The van der Waals surface area contributed by atoms with Crippen LogP contribution in [0, 0.1) is 11.3 Å². The summed E-state index contributed by atoms with van der Waals surface area (Å²) in [5.41, 5.74) is 0.399. The fourth-order valence-corrected chi connectivity index (χ4v) is 2.95. The molecule has 0 saturated heterocycles. The Bertz CT molecular complexity index is 870. The highest BCUT2D eigenvalue weighted by Gasteiger charge is 2.17. The summed E-state index contributed by atoms with van der Waals surface area (Å²) in [6, 6.07) is 13.4. The topological polar surface area (TPSA) is 105 Å². The molecule has 0 atom stereocenters. The number of hydrogen-bond donors (Lipinski definition) is 1. The second-order valence-electron chi connectivity index (χ2n) is 4.60. The summed E-state index contributed by atoms with van der Waals surface area (Å²) in [5.74, 6) is -0.168. The summed E-state index contributed by atoms with van der Waals surface area (Å²) < 4.78 is 36.9. The molecule has 2 aromatic carbocycles. The average molecular weight is 346 g/mol. The van der Waals surface area contributed by atoms with Crippen LogP contribution in [-0.4, -0.2) is 28.1 Å². The van der Waals surface area contributed by atoms with Crippen molar-refractivity contribution in [1.29, 1.82) is 5.26 Å². The molecule has 0 heterocycles. The number of nitrogens with one attached hydrogen (secondary N) is 1. The lowest BCUT2D eigenvalue weighted by atomic mass is 10.2. The number of esters is 1. The van der Waals surface area contributed by atoms with Crippen molar-refractivity contribution in [3.8, 4) is 11.8 Å². The molecule has 2 rings (SSSR count). The third-order valence-corrected chi connectivity index (χ3v) is 4.37. The predicted molar refractivity (Wildman–Crippen MR) is 86.1 cm³/mol. The van der Waals surface area contributed by atoms with Crippen molar-refractivity contribution in [1.82, 2.24) is 0 Å². The molecule has 0 aliphatic heterocycles. The number of sulfonamides is 1. The van der Waals surface area contributed by atoms with Crippen molar-refractivity contribution in [2.75, 3.05) is 18.4 Å². The molecule has 0 bridgehead atoms. The van der Waals surface area contributed by atoms with Gasteiger partial charge in [0.25, 0.3) is 10.0 Å². The maximum atomic E-state index is 12.4. The van der Waals surface area contributed by atoms with Gasteiger partial charge in [-0.05, 0) is 42.5 Å². The van der Waals surface area contributed by atoms with Gasteiger partial charge in [-0.15, -0.1) is 0 Å². The van der Waals surface area contributed by atoms with Crippen LogP contribution in [0.3, 0.4) is 0 Å². The van der Waals surface area contributed by atoms with Crippen LogP contribution in [0.25, 0.3) is 0 Å². The molecule has 0 saturated carbocycles. The van der Waals surface area contributed by atoms with Gasteiger partial charge >= 0.3 is 5.97 Å². The van der Waals surface area contributed by atoms with Gasteiger partial charge in [0.15, 0.2) is 6.61 Å². The van der Waals surface area contributed by atoms with Crippen LogP contribution in [-0.2, 0) is 14.8 Å². The number of benzene rings is 2. The lowest BCUT2D eigenvalue weighted by molar-refractivity contribution is 0.0554. The van der Waals surface area contributed by atoms with Crippen molar-refractivity contribution in [3.63, 3.8) is 0 Å². The molecule has 0 spiro atoms. The second-order valence-corrected chi connectivity index (χ2v) is 6.28. The van der Waals surface area contributed by atoms with E-state index in [0.29, 0.717) is 11.4 Å². The van der Waals surface area contributed by atoms with Crippen LogP contribution < -0.4 is 9.46 Å². The third kappa shape index (κ3) is 4.24. The van der Waals surface area contributed by atoms with Crippen LogP contribution in [0.2, 0.25) is 0 Å². The van der Waals surface area contributed by atoms with Crippen LogP contribution in [0.1, 0.15) is 10.4 Å². The van der Waals surface area contributed by atoms with Gasteiger partial charge in [-0.2, -0.15) is 5.26 Å². The molecule has 2 aromatic rings. The summed E-state index contributed by atoms with van der Waals surface area (Å²) in [7, 11) is -2.36. The first kappa shape index (κ1) is 17.3. The number of nitriles is 1. The molecule has 0 aliphatic rings. The summed E-state index contributed by atoms with van der Waals surface area (Å²) >= 11 is 0. The monoisotopic (exact) mass is 346 g/mol. The van der Waals surface area contributed by atoms with Crippen molar-refractivity contribution in [3.05, 3.63) is 54.1 Å². The molecule has 0 radical (unpaired) electrons. The first-order valence-corrected chi connectivity index (χ1v) is 8.25. The smallest absolute Gasteiger partial charge is 0.339 e. The minimum absolute atomic E-state index is 0.0443. The van der Waals surface area contributed by atoms with E-state index in [4.69, 9.17) is 10.00 Å². The lowest BCUT2D eigenvalue weighted by Gasteiger charge is -2.09. The van der Waals surface area contributed by atoms with Crippen molar-refractivity contribution in [2.24, 2.45) is 0 Å². The second kappa shape index (κ2) is 7.48. The molecule has 24 heavy (non-hydrogen) atoms. The van der Waals surface area contributed by atoms with Gasteiger partial charge in [0.2, 0.25) is 0 Å². The number of anilines is 1. The van der Waals surface area contributed by atoms with E-state index in [1.165, 1.54) is 31.4 Å². The van der Waals surface area contributed by atoms with E-state index >= 15 is 0 Å². The first-order valence-electron chi connectivity index (χ1n) is 6.77. The van der Waals surface area contributed by atoms with Crippen molar-refractivity contribution < 1.29 is 22.7 Å². The predicted octanol–water partition coefficient (Wildman–Crippen LogP) is 2.18. The Balaban J connectivity index is 2.22. The van der Waals surface area contributed by atoms with Crippen LogP contribution >= 0.6 is 0 Å². The number of ether oxygens (including phenoxy) is 2. The largest absolute Gasteiger partial charge is 0.497 e. The highest BCUT2D eigenvalue weighted by Crippen LogP contribution is 2.20. The van der Waals surface area contributed by atoms with Gasteiger partial charge in [0.05, 0.1) is 17.6 Å². The van der Waals surface area contributed by atoms with Gasteiger partial charge in [-0.1, -0.05) is 6.07 Å². The molecule has 124 valence electrons. The first-order chi connectivity index (χ1) is 11.5. The standard InChI is InChI=1S/C16H14N2O5S/c1-22-14-7-5-13(6-8-14)18-24(20,21)15-4-2-3-12(11-15)16(19)23-10-9-17/h2-8,11,18H,10H2,1H3. The van der Waals surface area contributed by atoms with E-state index in [2.05, 4.69) is 9.46 Å². The quantitative estimate of drug-likeness (QED) is 0.804. The summed E-state index contributed by atoms with van der Waals surface area (Å²) in [5, 5.41) is 8.41. The summed E-state index contributed by atoms with van der Waals surface area (Å²) in [6.45, 7) is -0.403. The van der Waals surface area contributed by atoms with Crippen molar-refractivity contribution >= 4 is 21.7 Å². The molecule has 0 fully saturated rings. The maximum absolute atomic E-state index is 12.4. The van der Waals surface area contributed by atoms with Crippen LogP contribution in [0.5, 0.6) is 5.75 Å². The minimum atomic E-state index is -3.87. The van der Waals surface area contributed by atoms with Crippen LogP contribution in [0.15, 0.2) is 53.4 Å². The van der Waals surface area contributed by atoms with E-state index in [1.807, 2.05) is 0 Å². The van der Waals surface area contributed by atoms with E-state index in [9.17, 15) is 13.2 Å². The maximum Gasteiger partial charge on any atom is 0.339 e. The Hall–Kier alpha value is -3.05. The minimum Gasteiger partial charge on any atom is -0.497 e. The number of rotatable bonds is 6. The lowest BCUT2D eigenvalue weighted by Crippen LogP contribution is -2.14. The molecule has 7 nitrogen and oxygen atoms in total. The average Bonchev–Trinajstić information content (AvgIpc) is 2.60. The Kier molecular flexibility index (Phi) is 5.39. The van der Waals surface area contributed by atoms with E-state index in [-0.39, 0.29) is 10.5 Å². The fourth-order valence-electron chi connectivity index (χ4n) is 1.84. The van der Waals surface area contributed by atoms with Gasteiger partial charge in [0.1, 0.15) is 11.8 Å². The number of nitrogens with zero attached hydrogens (tertiary/aromatic N) is 1. The Morgan fingerprint density at radius 1 is 1.21 bits per heavy atom. The Morgan fingerprint density at radius 3 is 2.54 bits per heavy atom. The van der Waals surface area contributed by atoms with E-state index in [1.54, 1.807) is 30.3 Å². The molecular weight excluding hydrogens is 332 g/mol. The molecule has 0 unspecified atom stereocenters. The number of carbonyl (C=O) groups excluding carboxylic acids is 1. The zero-order valence-corrected chi connectivity index (χ0v) is 13.5. The van der Waals surface area contributed by atoms with Crippen molar-refractivity contribution in [2.45, 2.75) is 4.90 Å². The van der Waals surface area contributed by atoms with Gasteiger partial charge < -0.3 is 9.47 Å². The SMILES string of the molecule is COc1ccc(NS(=O)(=O)c2cccc(C(=O)OCC#N)c2)cc1. The van der Waals surface area contributed by atoms with Gasteiger partial charge in [-0.3, -0.25) is 4.72 Å². The molecule has 1 N–H and O–H groups in total. The highest BCUT2D eigenvalue weighted by molar-refractivity contribution is 7.92.